The lowest BCUT2D eigenvalue weighted by atomic mass is 9.97. The highest BCUT2D eigenvalue weighted by atomic mass is 16.5. The van der Waals surface area contributed by atoms with Crippen LogP contribution in [0.15, 0.2) is 0 Å². The number of likely N-dealkylation sites (N-methyl/N-ethyl adjacent to an activating group) is 2. The molecule has 0 aromatic carbocycles. The average Bonchev–Trinajstić information content (AvgIpc) is 3.06. The number of hydrogen-bond donors (Lipinski definition) is 1. The van der Waals surface area contributed by atoms with Crippen LogP contribution < -0.4 is 5.32 Å². The van der Waals surface area contributed by atoms with Crippen LogP contribution in [-0.4, -0.2) is 74.2 Å². The van der Waals surface area contributed by atoms with E-state index < -0.39 is 5.54 Å². The van der Waals surface area contributed by atoms with Gasteiger partial charge in [0.25, 0.3) is 0 Å². The molecule has 0 spiro atoms. The molecule has 0 aromatic heterocycles. The Bertz CT molecular complexity index is 348. The zero-order chi connectivity index (χ0) is 14.8. The summed E-state index contributed by atoms with van der Waals surface area (Å²) in [7, 11) is 6.19. The van der Waals surface area contributed by atoms with E-state index in [2.05, 4.69) is 29.2 Å². The molecule has 0 bridgehead atoms. The van der Waals surface area contributed by atoms with Gasteiger partial charge >= 0.3 is 5.97 Å². The fraction of sp³-hybridized carbons (Fsp3) is 0.933. The van der Waals surface area contributed by atoms with Gasteiger partial charge in [0, 0.05) is 25.2 Å². The smallest absolute Gasteiger partial charge is 0.326 e. The standard InChI is InChI=1S/C15H29N3O2/c1-5-20-14(19)15(16-2)8-6-12(10-15)18-9-7-13(11-18)17(3)4/h12-13,16H,5-11H2,1-4H3. The highest BCUT2D eigenvalue weighted by Gasteiger charge is 2.47. The van der Waals surface area contributed by atoms with Crippen LogP contribution in [0.2, 0.25) is 0 Å². The van der Waals surface area contributed by atoms with E-state index in [0.717, 1.165) is 32.4 Å². The zero-order valence-electron chi connectivity index (χ0n) is 13.3. The van der Waals surface area contributed by atoms with E-state index in [1.807, 2.05) is 14.0 Å². The van der Waals surface area contributed by atoms with Gasteiger partial charge in [-0.25, -0.2) is 0 Å². The third-order valence-electron chi connectivity index (χ3n) is 5.07. The van der Waals surface area contributed by atoms with E-state index in [9.17, 15) is 4.79 Å². The summed E-state index contributed by atoms with van der Waals surface area (Å²) in [6.07, 6.45) is 4.08. The maximum absolute atomic E-state index is 12.2. The van der Waals surface area contributed by atoms with E-state index in [4.69, 9.17) is 4.74 Å². The number of hydrogen-bond acceptors (Lipinski definition) is 5. The molecule has 3 unspecified atom stereocenters. The molecule has 2 fully saturated rings. The molecule has 1 N–H and O–H groups in total. The fourth-order valence-electron chi connectivity index (χ4n) is 3.64. The van der Waals surface area contributed by atoms with Gasteiger partial charge in [-0.2, -0.15) is 0 Å². The molecule has 1 heterocycles. The zero-order valence-corrected chi connectivity index (χ0v) is 13.3. The first-order chi connectivity index (χ1) is 9.52. The first kappa shape index (κ1) is 15.7. The Balaban J connectivity index is 1.96. The number of rotatable bonds is 5. The Morgan fingerprint density at radius 3 is 2.75 bits per heavy atom. The Labute approximate surface area is 122 Å². The number of nitrogens with one attached hydrogen (secondary N) is 1. The van der Waals surface area contributed by atoms with Gasteiger partial charge in [0.2, 0.25) is 0 Å². The second-order valence-corrected chi connectivity index (χ2v) is 6.35. The molecule has 20 heavy (non-hydrogen) atoms. The number of esters is 1. The molecule has 0 aromatic rings. The topological polar surface area (TPSA) is 44.8 Å². The highest BCUT2D eigenvalue weighted by Crippen LogP contribution is 2.35. The van der Waals surface area contributed by atoms with Crippen molar-refractivity contribution in [2.24, 2.45) is 0 Å². The SMILES string of the molecule is CCOC(=O)C1(NC)CCC(N2CCC(N(C)C)C2)C1. The van der Waals surface area contributed by atoms with Crippen molar-refractivity contribution in [2.45, 2.75) is 50.2 Å². The molecule has 5 nitrogen and oxygen atoms in total. The number of carbonyl (C=O) groups excluding carboxylic acids is 1. The number of likely N-dealkylation sites (tertiary alicyclic amines) is 1. The minimum absolute atomic E-state index is 0.0756. The molecule has 1 saturated carbocycles. The second kappa shape index (κ2) is 6.41. The van der Waals surface area contributed by atoms with Gasteiger partial charge in [0.05, 0.1) is 6.61 Å². The molecule has 2 aliphatic rings. The molecule has 1 saturated heterocycles. The van der Waals surface area contributed by atoms with Gasteiger partial charge < -0.3 is 15.0 Å². The van der Waals surface area contributed by atoms with E-state index in [0.29, 0.717) is 18.7 Å². The van der Waals surface area contributed by atoms with Crippen LogP contribution >= 0.6 is 0 Å². The average molecular weight is 283 g/mol. The molecule has 1 aliphatic heterocycles. The van der Waals surface area contributed by atoms with Gasteiger partial charge in [0.1, 0.15) is 5.54 Å². The van der Waals surface area contributed by atoms with Crippen molar-refractivity contribution >= 4 is 5.97 Å². The lowest BCUT2D eigenvalue weighted by Gasteiger charge is -2.29. The van der Waals surface area contributed by atoms with Crippen LogP contribution in [0.4, 0.5) is 0 Å². The molecular formula is C15H29N3O2. The van der Waals surface area contributed by atoms with Gasteiger partial charge in [0.15, 0.2) is 0 Å². The van der Waals surface area contributed by atoms with Crippen molar-refractivity contribution < 1.29 is 9.53 Å². The van der Waals surface area contributed by atoms with Crippen LogP contribution in [0.5, 0.6) is 0 Å². The van der Waals surface area contributed by atoms with Crippen LogP contribution in [0.25, 0.3) is 0 Å². The third kappa shape index (κ3) is 3.00. The van der Waals surface area contributed by atoms with Crippen LogP contribution in [0, 0.1) is 0 Å². The van der Waals surface area contributed by atoms with E-state index in [-0.39, 0.29) is 5.97 Å². The Morgan fingerprint density at radius 1 is 1.45 bits per heavy atom. The van der Waals surface area contributed by atoms with Crippen LogP contribution in [0.1, 0.15) is 32.6 Å². The molecule has 116 valence electrons. The van der Waals surface area contributed by atoms with Crippen molar-refractivity contribution in [3.63, 3.8) is 0 Å². The minimum atomic E-state index is -0.461. The van der Waals surface area contributed by atoms with Gasteiger partial charge in [-0.05, 0) is 53.8 Å². The fourth-order valence-corrected chi connectivity index (χ4v) is 3.64. The molecule has 0 radical (unpaired) electrons. The summed E-state index contributed by atoms with van der Waals surface area (Å²) in [6.45, 7) is 4.60. The Kier molecular flexibility index (Phi) is 5.04. The van der Waals surface area contributed by atoms with E-state index >= 15 is 0 Å². The third-order valence-corrected chi connectivity index (χ3v) is 5.07. The Hall–Kier alpha value is -0.650. The second-order valence-electron chi connectivity index (χ2n) is 6.35. The number of nitrogens with zero attached hydrogens (tertiary/aromatic N) is 2. The van der Waals surface area contributed by atoms with Crippen LogP contribution in [-0.2, 0) is 9.53 Å². The monoisotopic (exact) mass is 283 g/mol. The van der Waals surface area contributed by atoms with E-state index in [1.54, 1.807) is 0 Å². The quantitative estimate of drug-likeness (QED) is 0.752. The number of carbonyl (C=O) groups is 1. The van der Waals surface area contributed by atoms with Gasteiger partial charge in [-0.1, -0.05) is 0 Å². The number of ether oxygens (including phenoxy) is 1. The molecule has 0 amide bonds. The van der Waals surface area contributed by atoms with E-state index in [1.165, 1.54) is 6.42 Å². The summed E-state index contributed by atoms with van der Waals surface area (Å²) in [5, 5.41) is 3.24. The summed E-state index contributed by atoms with van der Waals surface area (Å²) in [5.74, 6) is -0.0756. The summed E-state index contributed by atoms with van der Waals surface area (Å²) >= 11 is 0. The lowest BCUT2D eigenvalue weighted by Crippen LogP contribution is -2.50. The van der Waals surface area contributed by atoms with Gasteiger partial charge in [-0.3, -0.25) is 9.69 Å². The molecule has 2 rings (SSSR count). The first-order valence-corrected chi connectivity index (χ1v) is 7.79. The predicted molar refractivity (Wildman–Crippen MR) is 79.7 cm³/mol. The maximum Gasteiger partial charge on any atom is 0.326 e. The normalized spacial score (nSPS) is 34.9. The van der Waals surface area contributed by atoms with Crippen molar-refractivity contribution in [2.75, 3.05) is 40.8 Å². The lowest BCUT2D eigenvalue weighted by molar-refractivity contribution is -0.151. The first-order valence-electron chi connectivity index (χ1n) is 7.79. The summed E-state index contributed by atoms with van der Waals surface area (Å²) in [6, 6.07) is 1.17. The van der Waals surface area contributed by atoms with Crippen molar-refractivity contribution in [3.8, 4) is 0 Å². The van der Waals surface area contributed by atoms with Crippen molar-refractivity contribution in [1.29, 1.82) is 0 Å². The molecule has 1 aliphatic carbocycles. The van der Waals surface area contributed by atoms with Crippen molar-refractivity contribution in [3.05, 3.63) is 0 Å². The molecular weight excluding hydrogens is 254 g/mol. The maximum atomic E-state index is 12.2. The summed E-state index contributed by atoms with van der Waals surface area (Å²) in [5.41, 5.74) is -0.461. The highest BCUT2D eigenvalue weighted by molar-refractivity contribution is 5.81. The molecule has 5 heteroatoms. The molecule has 3 atom stereocenters. The van der Waals surface area contributed by atoms with Gasteiger partial charge in [-0.15, -0.1) is 0 Å². The largest absolute Gasteiger partial charge is 0.465 e. The summed E-state index contributed by atoms with van der Waals surface area (Å²) in [4.78, 5) is 17.1. The Morgan fingerprint density at radius 2 is 2.20 bits per heavy atom. The minimum Gasteiger partial charge on any atom is -0.465 e. The van der Waals surface area contributed by atoms with Crippen LogP contribution in [0.3, 0.4) is 0 Å². The summed E-state index contributed by atoms with van der Waals surface area (Å²) < 4.78 is 5.26. The predicted octanol–water partition coefficient (Wildman–Crippen LogP) is 0.696. The van der Waals surface area contributed by atoms with Crippen molar-refractivity contribution in [1.82, 2.24) is 15.1 Å².